The van der Waals surface area contributed by atoms with Gasteiger partial charge in [0.15, 0.2) is 0 Å². The minimum Gasteiger partial charge on any atom is -0.494 e. The minimum absolute atomic E-state index is 0.0418. The van der Waals surface area contributed by atoms with E-state index < -0.39 is 18.2 Å². The van der Waals surface area contributed by atoms with Gasteiger partial charge in [-0.25, -0.2) is 4.39 Å². The number of halogens is 1. The molecule has 28 heavy (non-hydrogen) atoms. The van der Waals surface area contributed by atoms with Gasteiger partial charge in [-0.2, -0.15) is 0 Å². The molecule has 1 aliphatic heterocycles. The zero-order chi connectivity index (χ0) is 19.9. The maximum atomic E-state index is 12.9. The van der Waals surface area contributed by atoms with Crippen LogP contribution in [0.15, 0.2) is 42.5 Å². The van der Waals surface area contributed by atoms with Gasteiger partial charge in [0.2, 0.25) is 0 Å². The van der Waals surface area contributed by atoms with Crippen molar-refractivity contribution < 1.29 is 28.5 Å². The van der Waals surface area contributed by atoms with Crippen LogP contribution in [0.3, 0.4) is 0 Å². The van der Waals surface area contributed by atoms with E-state index in [1.54, 1.807) is 12.1 Å². The molecule has 0 aromatic heterocycles. The van der Waals surface area contributed by atoms with E-state index in [1.165, 1.54) is 12.1 Å². The highest BCUT2D eigenvalue weighted by atomic mass is 19.1. The standard InChI is InChI=1S/C22H25FO5/c1-15-4-2-5-16(6-3-11-26-19-9-7-17(23)8-10-19)22(15)27-14-20-12-18(24)13-21(25)28-20/h2,4-5,7-10,18,20,24H,3,6,11-14H2,1H3/t18-,20+/m1/s1. The SMILES string of the molecule is Cc1cccc(CCCOc2ccc(F)cc2)c1OC[C@@H]1C[C@@H](O)CC(=O)O1. The lowest BCUT2D eigenvalue weighted by Gasteiger charge is -2.26. The number of esters is 1. The predicted molar refractivity (Wildman–Crippen MR) is 102 cm³/mol. The van der Waals surface area contributed by atoms with Crippen LogP contribution in [0.1, 0.15) is 30.4 Å². The number of para-hydroxylation sites is 1. The number of cyclic esters (lactones) is 1. The Morgan fingerprint density at radius 3 is 2.71 bits per heavy atom. The first-order valence-corrected chi connectivity index (χ1v) is 9.48. The zero-order valence-corrected chi connectivity index (χ0v) is 15.9. The van der Waals surface area contributed by atoms with Crippen molar-refractivity contribution >= 4 is 5.97 Å². The lowest BCUT2D eigenvalue weighted by atomic mass is 10.0. The van der Waals surface area contributed by atoms with E-state index in [1.807, 2.05) is 25.1 Å². The Hall–Kier alpha value is -2.60. The third-order valence-corrected chi connectivity index (χ3v) is 4.62. The Bertz CT molecular complexity index is 790. The van der Waals surface area contributed by atoms with E-state index in [9.17, 15) is 14.3 Å². The number of carbonyl (C=O) groups is 1. The largest absolute Gasteiger partial charge is 0.494 e. The van der Waals surface area contributed by atoms with Crippen LogP contribution in [-0.4, -0.2) is 36.5 Å². The Morgan fingerprint density at radius 1 is 1.18 bits per heavy atom. The van der Waals surface area contributed by atoms with Gasteiger partial charge in [-0.05, 0) is 55.2 Å². The maximum Gasteiger partial charge on any atom is 0.308 e. The Kier molecular flexibility index (Phi) is 6.87. The van der Waals surface area contributed by atoms with Gasteiger partial charge in [-0.3, -0.25) is 4.79 Å². The summed E-state index contributed by atoms with van der Waals surface area (Å²) in [5.41, 5.74) is 2.05. The summed E-state index contributed by atoms with van der Waals surface area (Å²) in [5.74, 6) is 0.737. The summed E-state index contributed by atoms with van der Waals surface area (Å²) < 4.78 is 29.8. The molecule has 0 saturated carbocycles. The molecule has 1 heterocycles. The number of carbonyl (C=O) groups excluding carboxylic acids is 1. The van der Waals surface area contributed by atoms with Crippen molar-refractivity contribution in [3.63, 3.8) is 0 Å². The summed E-state index contributed by atoms with van der Waals surface area (Å²) in [6, 6.07) is 11.9. The molecular weight excluding hydrogens is 363 g/mol. The van der Waals surface area contributed by atoms with Crippen LogP contribution >= 0.6 is 0 Å². The van der Waals surface area contributed by atoms with Crippen molar-refractivity contribution in [1.29, 1.82) is 0 Å². The van der Waals surface area contributed by atoms with Crippen LogP contribution in [0.4, 0.5) is 4.39 Å². The van der Waals surface area contributed by atoms with Crippen molar-refractivity contribution in [2.75, 3.05) is 13.2 Å². The molecule has 0 radical (unpaired) electrons. The third kappa shape index (κ3) is 5.70. The first-order chi connectivity index (χ1) is 13.5. The Balaban J connectivity index is 1.52. The van der Waals surface area contributed by atoms with E-state index in [4.69, 9.17) is 14.2 Å². The van der Waals surface area contributed by atoms with Gasteiger partial charge < -0.3 is 19.3 Å². The second-order valence-electron chi connectivity index (χ2n) is 6.99. The molecule has 6 heteroatoms. The van der Waals surface area contributed by atoms with E-state index >= 15 is 0 Å². The van der Waals surface area contributed by atoms with Crippen molar-refractivity contribution in [3.8, 4) is 11.5 Å². The molecule has 1 saturated heterocycles. The highest BCUT2D eigenvalue weighted by Gasteiger charge is 2.27. The third-order valence-electron chi connectivity index (χ3n) is 4.62. The lowest BCUT2D eigenvalue weighted by Crippen LogP contribution is -2.36. The van der Waals surface area contributed by atoms with Crippen molar-refractivity contribution in [2.45, 2.75) is 44.8 Å². The van der Waals surface area contributed by atoms with E-state index in [2.05, 4.69) is 0 Å². The fourth-order valence-electron chi connectivity index (χ4n) is 3.24. The Labute approximate surface area is 164 Å². The summed E-state index contributed by atoms with van der Waals surface area (Å²) in [5, 5.41) is 9.72. The molecule has 150 valence electrons. The number of rotatable bonds is 8. The van der Waals surface area contributed by atoms with E-state index in [0.717, 1.165) is 29.7 Å². The van der Waals surface area contributed by atoms with Gasteiger partial charge in [0.25, 0.3) is 0 Å². The topological polar surface area (TPSA) is 65.0 Å². The summed E-state index contributed by atoms with van der Waals surface area (Å²) in [6.07, 6.45) is 0.846. The second kappa shape index (κ2) is 9.55. The van der Waals surface area contributed by atoms with Gasteiger partial charge in [0.1, 0.15) is 30.0 Å². The second-order valence-corrected chi connectivity index (χ2v) is 6.99. The molecule has 1 N–H and O–H groups in total. The fraction of sp³-hybridized carbons (Fsp3) is 0.409. The number of hydrogen-bond acceptors (Lipinski definition) is 5. The first-order valence-electron chi connectivity index (χ1n) is 9.48. The quantitative estimate of drug-likeness (QED) is 0.553. The van der Waals surface area contributed by atoms with Crippen LogP contribution in [0.25, 0.3) is 0 Å². The van der Waals surface area contributed by atoms with Gasteiger partial charge in [-0.1, -0.05) is 18.2 Å². The van der Waals surface area contributed by atoms with Gasteiger partial charge in [0, 0.05) is 6.42 Å². The number of benzene rings is 2. The molecule has 0 spiro atoms. The highest BCUT2D eigenvalue weighted by Crippen LogP contribution is 2.26. The fourth-order valence-corrected chi connectivity index (χ4v) is 3.24. The molecule has 0 aliphatic carbocycles. The number of hydrogen-bond donors (Lipinski definition) is 1. The van der Waals surface area contributed by atoms with Gasteiger partial charge in [0.05, 0.1) is 19.1 Å². The number of aryl methyl sites for hydroxylation is 2. The normalized spacial score (nSPS) is 19.2. The predicted octanol–water partition coefficient (Wildman–Crippen LogP) is 3.59. The average Bonchev–Trinajstić information content (AvgIpc) is 2.65. The molecule has 0 amide bonds. The van der Waals surface area contributed by atoms with Gasteiger partial charge >= 0.3 is 5.97 Å². The van der Waals surface area contributed by atoms with E-state index in [-0.39, 0.29) is 18.8 Å². The maximum absolute atomic E-state index is 12.9. The molecule has 1 aliphatic rings. The van der Waals surface area contributed by atoms with Crippen molar-refractivity contribution in [3.05, 3.63) is 59.4 Å². The zero-order valence-electron chi connectivity index (χ0n) is 15.9. The summed E-state index contributed by atoms with van der Waals surface area (Å²) in [7, 11) is 0. The first kappa shape index (κ1) is 20.1. The summed E-state index contributed by atoms with van der Waals surface area (Å²) in [4.78, 5) is 11.5. The van der Waals surface area contributed by atoms with Crippen LogP contribution in [0, 0.1) is 12.7 Å². The molecule has 1 fully saturated rings. The number of aliphatic hydroxyl groups is 1. The van der Waals surface area contributed by atoms with Crippen molar-refractivity contribution in [1.82, 2.24) is 0 Å². The van der Waals surface area contributed by atoms with Gasteiger partial charge in [-0.15, -0.1) is 0 Å². The smallest absolute Gasteiger partial charge is 0.308 e. The molecule has 2 atom stereocenters. The van der Waals surface area contributed by atoms with E-state index in [0.29, 0.717) is 18.8 Å². The molecule has 2 aromatic carbocycles. The summed E-state index contributed by atoms with van der Waals surface area (Å²) in [6.45, 7) is 2.69. The molecule has 5 nitrogen and oxygen atoms in total. The number of aliphatic hydroxyl groups excluding tert-OH is 1. The Morgan fingerprint density at radius 2 is 1.96 bits per heavy atom. The van der Waals surface area contributed by atoms with Crippen LogP contribution in [0.5, 0.6) is 11.5 Å². The van der Waals surface area contributed by atoms with Crippen LogP contribution < -0.4 is 9.47 Å². The van der Waals surface area contributed by atoms with Crippen LogP contribution in [-0.2, 0) is 16.0 Å². The molecule has 3 rings (SSSR count). The molecular formula is C22H25FO5. The molecule has 0 unspecified atom stereocenters. The van der Waals surface area contributed by atoms with Crippen LogP contribution in [0.2, 0.25) is 0 Å². The number of ether oxygens (including phenoxy) is 3. The minimum atomic E-state index is -0.671. The van der Waals surface area contributed by atoms with Crippen molar-refractivity contribution in [2.24, 2.45) is 0 Å². The summed E-state index contributed by atoms with van der Waals surface area (Å²) >= 11 is 0. The monoisotopic (exact) mass is 388 g/mol. The molecule has 2 aromatic rings. The molecule has 0 bridgehead atoms. The lowest BCUT2D eigenvalue weighted by molar-refractivity contribution is -0.162. The average molecular weight is 388 g/mol. The highest BCUT2D eigenvalue weighted by molar-refractivity contribution is 5.71.